The first-order valence-corrected chi connectivity index (χ1v) is 18.0. The summed E-state index contributed by atoms with van der Waals surface area (Å²) in [5, 5.41) is 3.00. The average Bonchev–Trinajstić information content (AvgIpc) is 3.08. The van der Waals surface area contributed by atoms with Gasteiger partial charge < -0.3 is 19.7 Å². The minimum Gasteiger partial charge on any atom is -0.497 e. The first-order valence-electron chi connectivity index (χ1n) is 15.8. The molecule has 254 valence electrons. The summed E-state index contributed by atoms with van der Waals surface area (Å²) in [5.74, 6) is 0.468. The number of nitrogens with one attached hydrogen (secondary N) is 1. The number of sulfonamides is 1. The van der Waals surface area contributed by atoms with E-state index in [-0.39, 0.29) is 35.4 Å². The molecule has 0 spiro atoms. The smallest absolute Gasteiger partial charge is 0.264 e. The SMILES string of the molecule is CCOc1ccc(N(CC(=O)N(Cc2cccc(OC)c2)[C@@H](Cc2ccccc2)C(=O)NCC(C)C)S(=O)(=O)c2ccc(Br)cc2)cc1. The molecule has 0 aliphatic rings. The van der Waals surface area contributed by atoms with Crippen LogP contribution in [-0.4, -0.2) is 58.0 Å². The summed E-state index contributed by atoms with van der Waals surface area (Å²) < 4.78 is 41.3. The maximum absolute atomic E-state index is 14.6. The molecule has 0 radical (unpaired) electrons. The second kappa shape index (κ2) is 17.2. The van der Waals surface area contributed by atoms with Crippen LogP contribution in [0.4, 0.5) is 5.69 Å². The number of ether oxygens (including phenoxy) is 2. The van der Waals surface area contributed by atoms with E-state index >= 15 is 0 Å². The summed E-state index contributed by atoms with van der Waals surface area (Å²) in [5.41, 5.74) is 1.86. The van der Waals surface area contributed by atoms with Gasteiger partial charge in [-0.1, -0.05) is 72.2 Å². The molecule has 9 nitrogen and oxygen atoms in total. The lowest BCUT2D eigenvalue weighted by Gasteiger charge is -2.34. The van der Waals surface area contributed by atoms with Crippen LogP contribution in [0.3, 0.4) is 0 Å². The van der Waals surface area contributed by atoms with Gasteiger partial charge in [0.25, 0.3) is 10.0 Å². The zero-order valence-corrected chi connectivity index (χ0v) is 30.0. The van der Waals surface area contributed by atoms with Crippen molar-refractivity contribution in [1.29, 1.82) is 0 Å². The number of carbonyl (C=O) groups is 2. The Kier molecular flexibility index (Phi) is 13.0. The maximum atomic E-state index is 14.6. The zero-order chi connectivity index (χ0) is 34.7. The van der Waals surface area contributed by atoms with Crippen LogP contribution in [0.1, 0.15) is 31.9 Å². The highest BCUT2D eigenvalue weighted by atomic mass is 79.9. The fraction of sp³-hybridized carbons (Fsp3) is 0.297. The highest BCUT2D eigenvalue weighted by molar-refractivity contribution is 9.10. The fourth-order valence-electron chi connectivity index (χ4n) is 5.08. The summed E-state index contributed by atoms with van der Waals surface area (Å²) in [6, 6.07) is 28.5. The molecule has 4 rings (SSSR count). The van der Waals surface area contributed by atoms with Gasteiger partial charge in [-0.2, -0.15) is 0 Å². The summed E-state index contributed by atoms with van der Waals surface area (Å²) in [6.45, 7) is 6.19. The molecule has 0 bridgehead atoms. The van der Waals surface area contributed by atoms with Gasteiger partial charge in [0.05, 0.1) is 24.3 Å². The van der Waals surface area contributed by atoms with Crippen molar-refractivity contribution in [3.63, 3.8) is 0 Å². The van der Waals surface area contributed by atoms with Crippen LogP contribution in [0, 0.1) is 5.92 Å². The van der Waals surface area contributed by atoms with Gasteiger partial charge in [-0.25, -0.2) is 8.42 Å². The Morgan fingerprint density at radius 1 is 0.854 bits per heavy atom. The number of carbonyl (C=O) groups excluding carboxylic acids is 2. The lowest BCUT2D eigenvalue weighted by Crippen LogP contribution is -2.53. The van der Waals surface area contributed by atoms with E-state index in [0.29, 0.717) is 29.1 Å². The number of hydrogen-bond acceptors (Lipinski definition) is 6. The standard InChI is InChI=1S/C37H42BrN3O6S/c1-5-47-32-18-16-31(17-19-32)41(48(44,45)34-20-14-30(38)15-21-34)26-36(42)40(25-29-12-9-13-33(22-29)46-4)35(37(43)39-24-27(2)3)23-28-10-7-6-8-11-28/h6-22,27,35H,5,23-26H2,1-4H3,(H,39,43)/t35-/m0/s1. The van der Waals surface area contributed by atoms with Crippen LogP contribution in [-0.2, 0) is 32.6 Å². The van der Waals surface area contributed by atoms with Crippen LogP contribution in [0.25, 0.3) is 0 Å². The van der Waals surface area contributed by atoms with Crippen LogP contribution < -0.4 is 19.1 Å². The summed E-state index contributed by atoms with van der Waals surface area (Å²) in [7, 11) is -2.67. The van der Waals surface area contributed by atoms with Gasteiger partial charge in [0.2, 0.25) is 11.8 Å². The Bertz CT molecular complexity index is 1750. The van der Waals surface area contributed by atoms with Crippen molar-refractivity contribution in [2.75, 3.05) is 31.1 Å². The Labute approximate surface area is 292 Å². The molecule has 11 heteroatoms. The van der Waals surface area contributed by atoms with Crippen LogP contribution in [0.2, 0.25) is 0 Å². The number of rotatable bonds is 16. The average molecular weight is 737 g/mol. The van der Waals surface area contributed by atoms with Gasteiger partial charge in [-0.05, 0) is 84.6 Å². The fourth-order valence-corrected chi connectivity index (χ4v) is 6.76. The predicted molar refractivity (Wildman–Crippen MR) is 192 cm³/mol. The molecule has 0 heterocycles. The predicted octanol–water partition coefficient (Wildman–Crippen LogP) is 6.46. The molecular weight excluding hydrogens is 694 g/mol. The molecule has 0 aromatic heterocycles. The van der Waals surface area contributed by atoms with Crippen molar-refractivity contribution in [2.24, 2.45) is 5.92 Å². The normalized spacial score (nSPS) is 11.9. The van der Waals surface area contributed by atoms with Gasteiger partial charge in [0.1, 0.15) is 24.1 Å². The number of benzene rings is 4. The topological polar surface area (TPSA) is 105 Å². The molecule has 4 aromatic carbocycles. The highest BCUT2D eigenvalue weighted by Crippen LogP contribution is 2.28. The van der Waals surface area contributed by atoms with Crippen molar-refractivity contribution >= 4 is 43.5 Å². The molecule has 0 aliphatic heterocycles. The van der Waals surface area contributed by atoms with E-state index in [9.17, 15) is 18.0 Å². The van der Waals surface area contributed by atoms with Crippen LogP contribution >= 0.6 is 15.9 Å². The van der Waals surface area contributed by atoms with Crippen LogP contribution in [0.5, 0.6) is 11.5 Å². The minimum absolute atomic E-state index is 0.0160. The van der Waals surface area contributed by atoms with E-state index < -0.39 is 28.5 Å². The van der Waals surface area contributed by atoms with E-state index in [1.54, 1.807) is 55.6 Å². The number of halogens is 1. The Balaban J connectivity index is 1.81. The summed E-state index contributed by atoms with van der Waals surface area (Å²) in [4.78, 5) is 30.1. The van der Waals surface area contributed by atoms with Crippen molar-refractivity contribution in [3.8, 4) is 11.5 Å². The summed E-state index contributed by atoms with van der Waals surface area (Å²) >= 11 is 3.37. The van der Waals surface area contributed by atoms with E-state index in [1.807, 2.05) is 63.2 Å². The molecule has 1 N–H and O–H groups in total. The molecule has 2 amide bonds. The Hall–Kier alpha value is -4.35. The summed E-state index contributed by atoms with van der Waals surface area (Å²) in [6.07, 6.45) is 0.225. The third-order valence-corrected chi connectivity index (χ3v) is 9.88. The molecule has 0 unspecified atom stereocenters. The zero-order valence-electron chi connectivity index (χ0n) is 27.6. The Morgan fingerprint density at radius 2 is 1.52 bits per heavy atom. The minimum atomic E-state index is -4.23. The first-order chi connectivity index (χ1) is 23.0. The van der Waals surface area contributed by atoms with E-state index in [1.165, 1.54) is 17.0 Å². The van der Waals surface area contributed by atoms with E-state index in [2.05, 4.69) is 21.2 Å². The number of amides is 2. The number of methoxy groups -OCH3 is 1. The van der Waals surface area contributed by atoms with Crippen molar-refractivity contribution in [1.82, 2.24) is 10.2 Å². The van der Waals surface area contributed by atoms with E-state index in [0.717, 1.165) is 15.4 Å². The van der Waals surface area contributed by atoms with E-state index in [4.69, 9.17) is 9.47 Å². The van der Waals surface area contributed by atoms with Crippen molar-refractivity contribution in [3.05, 3.63) is 119 Å². The van der Waals surface area contributed by atoms with Gasteiger partial charge in [-0.15, -0.1) is 0 Å². The molecule has 0 saturated carbocycles. The monoisotopic (exact) mass is 735 g/mol. The third kappa shape index (κ3) is 9.84. The van der Waals surface area contributed by atoms with Gasteiger partial charge in [0.15, 0.2) is 0 Å². The molecule has 0 saturated heterocycles. The van der Waals surface area contributed by atoms with Gasteiger partial charge in [0, 0.05) is 24.0 Å². The van der Waals surface area contributed by atoms with Crippen molar-refractivity contribution < 1.29 is 27.5 Å². The van der Waals surface area contributed by atoms with Crippen LogP contribution in [0.15, 0.2) is 112 Å². The molecular formula is C37H42BrN3O6S. The maximum Gasteiger partial charge on any atom is 0.264 e. The quantitative estimate of drug-likeness (QED) is 0.142. The Morgan fingerprint density at radius 3 is 2.15 bits per heavy atom. The molecule has 48 heavy (non-hydrogen) atoms. The molecule has 4 aromatic rings. The number of anilines is 1. The lowest BCUT2D eigenvalue weighted by molar-refractivity contribution is -0.140. The molecule has 1 atom stereocenters. The first kappa shape index (κ1) is 36.5. The largest absolute Gasteiger partial charge is 0.497 e. The number of hydrogen-bond donors (Lipinski definition) is 1. The molecule has 0 fully saturated rings. The second-order valence-corrected chi connectivity index (χ2v) is 14.4. The highest BCUT2D eigenvalue weighted by Gasteiger charge is 2.34. The molecule has 0 aliphatic carbocycles. The lowest BCUT2D eigenvalue weighted by atomic mass is 10.0. The number of nitrogens with zero attached hydrogens (tertiary/aromatic N) is 2. The van der Waals surface area contributed by atoms with Gasteiger partial charge >= 0.3 is 0 Å². The third-order valence-electron chi connectivity index (χ3n) is 7.56. The second-order valence-electron chi connectivity index (χ2n) is 11.6. The van der Waals surface area contributed by atoms with Crippen molar-refractivity contribution in [2.45, 2.75) is 44.7 Å². The van der Waals surface area contributed by atoms with Gasteiger partial charge in [-0.3, -0.25) is 13.9 Å².